The summed E-state index contributed by atoms with van der Waals surface area (Å²) in [6.45, 7) is -0.260. The maximum absolute atomic E-state index is 12.2. The van der Waals surface area contributed by atoms with Gasteiger partial charge in [0.05, 0.1) is 0 Å². The zero-order valence-electron chi connectivity index (χ0n) is 13.8. The van der Waals surface area contributed by atoms with Gasteiger partial charge in [-0.2, -0.15) is 8.78 Å². The van der Waals surface area contributed by atoms with E-state index in [9.17, 15) is 13.6 Å². The topological polar surface area (TPSA) is 41.6 Å². The third-order valence-electron chi connectivity index (χ3n) is 4.22. The Hall–Kier alpha value is -1.40. The molecule has 0 atom stereocenters. The van der Waals surface area contributed by atoms with Crippen LogP contribution in [0.5, 0.6) is 5.75 Å². The van der Waals surface area contributed by atoms with Crippen LogP contribution in [0.3, 0.4) is 0 Å². The Morgan fingerprint density at radius 1 is 1.29 bits per heavy atom. The minimum Gasteiger partial charge on any atom is -0.435 e. The number of amides is 1. The Balaban J connectivity index is 0.00000288. The van der Waals surface area contributed by atoms with Crippen LogP contribution < -0.4 is 10.1 Å². The van der Waals surface area contributed by atoms with E-state index in [2.05, 4.69) is 10.1 Å². The fourth-order valence-corrected chi connectivity index (χ4v) is 2.83. The van der Waals surface area contributed by atoms with Crippen LogP contribution in [0.1, 0.15) is 31.2 Å². The van der Waals surface area contributed by atoms with Gasteiger partial charge in [0, 0.05) is 20.0 Å². The van der Waals surface area contributed by atoms with Crippen molar-refractivity contribution in [1.29, 1.82) is 0 Å². The molecule has 1 aliphatic rings. The van der Waals surface area contributed by atoms with Gasteiger partial charge in [-0.3, -0.25) is 4.79 Å². The number of piperidine rings is 1. The molecule has 1 heterocycles. The van der Waals surface area contributed by atoms with E-state index in [4.69, 9.17) is 0 Å². The average Bonchev–Trinajstić information content (AvgIpc) is 2.55. The van der Waals surface area contributed by atoms with Crippen LogP contribution >= 0.6 is 12.4 Å². The van der Waals surface area contributed by atoms with Crippen molar-refractivity contribution in [2.45, 2.75) is 38.8 Å². The summed E-state index contributed by atoms with van der Waals surface area (Å²) in [5.41, 5.74) is 0.893. The van der Waals surface area contributed by atoms with E-state index < -0.39 is 6.61 Å². The molecule has 0 saturated carbocycles. The highest BCUT2D eigenvalue weighted by Gasteiger charge is 2.16. The van der Waals surface area contributed by atoms with Gasteiger partial charge < -0.3 is 15.0 Å². The minimum absolute atomic E-state index is 0. The molecule has 1 saturated heterocycles. The zero-order valence-corrected chi connectivity index (χ0v) is 14.7. The third kappa shape index (κ3) is 7.01. The van der Waals surface area contributed by atoms with Crippen LogP contribution in [0.25, 0.3) is 0 Å². The lowest BCUT2D eigenvalue weighted by Gasteiger charge is -2.23. The Labute approximate surface area is 148 Å². The van der Waals surface area contributed by atoms with E-state index >= 15 is 0 Å². The molecule has 136 valence electrons. The van der Waals surface area contributed by atoms with Gasteiger partial charge in [0.15, 0.2) is 0 Å². The number of halogens is 3. The predicted molar refractivity (Wildman–Crippen MR) is 91.6 cm³/mol. The van der Waals surface area contributed by atoms with Crippen molar-refractivity contribution in [2.24, 2.45) is 5.92 Å². The van der Waals surface area contributed by atoms with Crippen molar-refractivity contribution in [3.05, 3.63) is 29.8 Å². The Morgan fingerprint density at radius 2 is 1.92 bits per heavy atom. The van der Waals surface area contributed by atoms with Gasteiger partial charge >= 0.3 is 6.61 Å². The van der Waals surface area contributed by atoms with Gasteiger partial charge in [-0.05, 0) is 56.0 Å². The summed E-state index contributed by atoms with van der Waals surface area (Å²) < 4.78 is 28.5. The molecule has 2 rings (SSSR count). The summed E-state index contributed by atoms with van der Waals surface area (Å²) in [6, 6.07) is 6.40. The molecule has 7 heteroatoms. The SMILES string of the molecule is CN(Cc1ccc(OC(F)F)cc1)C(=O)CCC1CCNCC1.Cl. The molecule has 1 N–H and O–H groups in total. The predicted octanol–water partition coefficient (Wildman–Crippen LogP) is 3.45. The number of carbonyl (C=O) groups excluding carboxylic acids is 1. The van der Waals surface area contributed by atoms with Crippen molar-refractivity contribution >= 4 is 18.3 Å². The first-order valence-corrected chi connectivity index (χ1v) is 8.03. The molecule has 0 aromatic heterocycles. The number of benzene rings is 1. The van der Waals surface area contributed by atoms with Crippen LogP contribution in [0.4, 0.5) is 8.78 Å². The summed E-state index contributed by atoms with van der Waals surface area (Å²) >= 11 is 0. The lowest BCUT2D eigenvalue weighted by molar-refractivity contribution is -0.130. The number of nitrogens with zero attached hydrogens (tertiary/aromatic N) is 1. The molecule has 1 aliphatic heterocycles. The highest BCUT2D eigenvalue weighted by atomic mass is 35.5. The van der Waals surface area contributed by atoms with Crippen LogP contribution in [0.15, 0.2) is 24.3 Å². The minimum atomic E-state index is -2.82. The van der Waals surface area contributed by atoms with E-state index in [1.807, 2.05) is 0 Å². The number of rotatable bonds is 7. The Kier molecular flexibility index (Phi) is 9.00. The van der Waals surface area contributed by atoms with Crippen LogP contribution in [0, 0.1) is 5.92 Å². The van der Waals surface area contributed by atoms with Crippen molar-refractivity contribution in [2.75, 3.05) is 20.1 Å². The molecule has 0 unspecified atom stereocenters. The Bertz CT molecular complexity index is 494. The lowest BCUT2D eigenvalue weighted by atomic mass is 9.93. The maximum atomic E-state index is 12.2. The molecule has 24 heavy (non-hydrogen) atoms. The van der Waals surface area contributed by atoms with Crippen molar-refractivity contribution in [1.82, 2.24) is 10.2 Å². The van der Waals surface area contributed by atoms with Gasteiger partial charge in [-0.15, -0.1) is 12.4 Å². The number of nitrogens with one attached hydrogen (secondary N) is 1. The van der Waals surface area contributed by atoms with E-state index in [1.165, 1.54) is 12.1 Å². The summed E-state index contributed by atoms with van der Waals surface area (Å²) in [6.07, 6.45) is 3.78. The monoisotopic (exact) mass is 362 g/mol. The van der Waals surface area contributed by atoms with Crippen LogP contribution in [0.2, 0.25) is 0 Å². The first-order chi connectivity index (χ1) is 11.0. The van der Waals surface area contributed by atoms with E-state index in [1.54, 1.807) is 24.1 Å². The van der Waals surface area contributed by atoms with Gasteiger partial charge in [0.25, 0.3) is 0 Å². The second-order valence-electron chi connectivity index (χ2n) is 6.00. The number of hydrogen-bond donors (Lipinski definition) is 1. The number of carbonyl (C=O) groups is 1. The highest BCUT2D eigenvalue weighted by Crippen LogP contribution is 2.19. The molecule has 1 amide bonds. The van der Waals surface area contributed by atoms with E-state index in [0.717, 1.165) is 37.9 Å². The molecular formula is C17H25ClF2N2O2. The zero-order chi connectivity index (χ0) is 16.7. The van der Waals surface area contributed by atoms with Crippen molar-refractivity contribution in [3.8, 4) is 5.75 Å². The smallest absolute Gasteiger partial charge is 0.387 e. The molecular weight excluding hydrogens is 338 g/mol. The first kappa shape index (κ1) is 20.6. The standard InChI is InChI=1S/C17H24F2N2O2.ClH/c1-21(16(22)7-4-13-8-10-20-11-9-13)12-14-2-5-15(6-3-14)23-17(18)19;/h2-3,5-6,13,17,20H,4,7-12H2,1H3;1H. The number of alkyl halides is 2. The summed E-state index contributed by atoms with van der Waals surface area (Å²) in [5, 5.41) is 3.32. The van der Waals surface area contributed by atoms with Gasteiger partial charge in [-0.25, -0.2) is 0 Å². The summed E-state index contributed by atoms with van der Waals surface area (Å²) in [5.74, 6) is 0.888. The Morgan fingerprint density at radius 3 is 2.50 bits per heavy atom. The second-order valence-corrected chi connectivity index (χ2v) is 6.00. The number of ether oxygens (including phenoxy) is 1. The fourth-order valence-electron chi connectivity index (χ4n) is 2.83. The molecule has 1 aromatic rings. The third-order valence-corrected chi connectivity index (χ3v) is 4.22. The molecule has 1 aromatic carbocycles. The highest BCUT2D eigenvalue weighted by molar-refractivity contribution is 5.85. The maximum Gasteiger partial charge on any atom is 0.387 e. The van der Waals surface area contributed by atoms with Crippen molar-refractivity contribution < 1.29 is 18.3 Å². The van der Waals surface area contributed by atoms with Crippen LogP contribution in [-0.2, 0) is 11.3 Å². The molecule has 1 fully saturated rings. The molecule has 0 spiro atoms. The molecule has 4 nitrogen and oxygen atoms in total. The van der Waals surface area contributed by atoms with Gasteiger partial charge in [-0.1, -0.05) is 12.1 Å². The summed E-state index contributed by atoms with van der Waals surface area (Å²) in [7, 11) is 1.77. The van der Waals surface area contributed by atoms with Gasteiger partial charge in [0.1, 0.15) is 5.75 Å². The molecule has 0 aliphatic carbocycles. The second kappa shape index (κ2) is 10.5. The van der Waals surface area contributed by atoms with Crippen LogP contribution in [-0.4, -0.2) is 37.6 Å². The quantitative estimate of drug-likeness (QED) is 0.807. The fraction of sp³-hybridized carbons (Fsp3) is 0.588. The molecule has 0 bridgehead atoms. The average molecular weight is 363 g/mol. The normalized spacial score (nSPS) is 15.0. The van der Waals surface area contributed by atoms with Gasteiger partial charge in [0.2, 0.25) is 5.91 Å². The van der Waals surface area contributed by atoms with E-state index in [0.29, 0.717) is 18.9 Å². The van der Waals surface area contributed by atoms with E-state index in [-0.39, 0.29) is 24.1 Å². The lowest BCUT2D eigenvalue weighted by Crippen LogP contribution is -2.30. The number of hydrogen-bond acceptors (Lipinski definition) is 3. The molecule has 0 radical (unpaired) electrons. The van der Waals surface area contributed by atoms with Crippen molar-refractivity contribution in [3.63, 3.8) is 0 Å². The largest absolute Gasteiger partial charge is 0.435 e. The summed E-state index contributed by atoms with van der Waals surface area (Å²) in [4.78, 5) is 13.9. The first-order valence-electron chi connectivity index (χ1n) is 8.03.